The van der Waals surface area contributed by atoms with E-state index in [1.807, 2.05) is 31.2 Å². The molecule has 3 heteroatoms. The summed E-state index contributed by atoms with van der Waals surface area (Å²) >= 11 is 0. The summed E-state index contributed by atoms with van der Waals surface area (Å²) in [5.74, 6) is 1.54. The van der Waals surface area contributed by atoms with E-state index in [2.05, 4.69) is 32.0 Å². The molecule has 0 fully saturated rings. The molecule has 0 bridgehead atoms. The van der Waals surface area contributed by atoms with Crippen LogP contribution in [0, 0.1) is 13.8 Å². The summed E-state index contributed by atoms with van der Waals surface area (Å²) in [6.45, 7) is 8.47. The lowest BCUT2D eigenvalue weighted by atomic mass is 10.1. The summed E-state index contributed by atoms with van der Waals surface area (Å²) in [4.78, 5) is 0. The molecule has 3 nitrogen and oxygen atoms in total. The number of hydrogen-bond donors (Lipinski definition) is 0. The summed E-state index contributed by atoms with van der Waals surface area (Å²) in [6, 6.07) is 14.1. The van der Waals surface area contributed by atoms with E-state index in [-0.39, 0.29) is 0 Å². The van der Waals surface area contributed by atoms with Crippen LogP contribution >= 0.6 is 0 Å². The highest BCUT2D eigenvalue weighted by Crippen LogP contribution is 2.26. The van der Waals surface area contributed by atoms with Crippen molar-refractivity contribution in [1.82, 2.24) is 0 Å². The first-order valence-electron chi connectivity index (χ1n) is 7.69. The molecule has 0 aliphatic rings. The van der Waals surface area contributed by atoms with Gasteiger partial charge in [0.1, 0.15) is 6.61 Å². The number of hydrogen-bond acceptors (Lipinski definition) is 3. The smallest absolute Gasteiger partial charge is 0.161 e. The zero-order valence-corrected chi connectivity index (χ0v) is 13.6. The molecule has 0 aliphatic carbocycles. The molecule has 0 saturated carbocycles. The Hall–Kier alpha value is -2.00. The molecule has 0 spiro atoms. The van der Waals surface area contributed by atoms with Gasteiger partial charge in [-0.15, -0.1) is 0 Å². The maximum Gasteiger partial charge on any atom is 0.161 e. The summed E-state index contributed by atoms with van der Waals surface area (Å²) in [6.07, 6.45) is 0. The van der Waals surface area contributed by atoms with E-state index < -0.39 is 0 Å². The van der Waals surface area contributed by atoms with Crippen LogP contribution in [0.1, 0.15) is 23.6 Å². The molecule has 0 atom stereocenters. The Kier molecular flexibility index (Phi) is 6.28. The van der Waals surface area contributed by atoms with E-state index in [1.165, 1.54) is 16.7 Å². The fraction of sp³-hybridized carbons (Fsp3) is 0.368. The van der Waals surface area contributed by atoms with Gasteiger partial charge in [-0.2, -0.15) is 0 Å². The number of benzene rings is 2. The maximum atomic E-state index is 5.73. The second-order valence-corrected chi connectivity index (χ2v) is 5.21. The maximum absolute atomic E-state index is 5.73. The average molecular weight is 300 g/mol. The van der Waals surface area contributed by atoms with Gasteiger partial charge in [-0.1, -0.05) is 35.9 Å². The van der Waals surface area contributed by atoms with E-state index in [4.69, 9.17) is 14.2 Å². The molecule has 22 heavy (non-hydrogen) atoms. The van der Waals surface area contributed by atoms with Crippen molar-refractivity contribution < 1.29 is 14.2 Å². The molecule has 0 aliphatic heterocycles. The number of ether oxygens (including phenoxy) is 3. The molecule has 0 aromatic heterocycles. The third kappa shape index (κ3) is 4.78. The minimum Gasteiger partial charge on any atom is -0.490 e. The van der Waals surface area contributed by atoms with Crippen molar-refractivity contribution in [3.8, 4) is 11.5 Å². The van der Waals surface area contributed by atoms with Crippen LogP contribution in [0.5, 0.6) is 11.5 Å². The Balaban J connectivity index is 1.75. The van der Waals surface area contributed by atoms with Crippen LogP contribution in [0.15, 0.2) is 42.5 Å². The van der Waals surface area contributed by atoms with E-state index >= 15 is 0 Å². The van der Waals surface area contributed by atoms with Gasteiger partial charge in [-0.25, -0.2) is 0 Å². The Bertz CT molecular complexity index is 593. The fourth-order valence-electron chi connectivity index (χ4n) is 2.24. The van der Waals surface area contributed by atoms with E-state index in [1.54, 1.807) is 0 Å². The molecule has 0 saturated heterocycles. The standard InChI is InChI=1S/C19H24O3/c1-4-21-18-7-5-6-8-19(18)22-12-11-20-14-17-10-9-15(2)13-16(17)3/h5-10,13H,4,11-12,14H2,1-3H3. The van der Waals surface area contributed by atoms with Crippen LogP contribution in [0.4, 0.5) is 0 Å². The van der Waals surface area contributed by atoms with Crippen LogP contribution in [0.25, 0.3) is 0 Å². The third-order valence-electron chi connectivity index (χ3n) is 3.39. The van der Waals surface area contributed by atoms with Crippen molar-refractivity contribution in [3.05, 3.63) is 59.2 Å². The highest BCUT2D eigenvalue weighted by Gasteiger charge is 2.03. The summed E-state index contributed by atoms with van der Waals surface area (Å²) < 4.78 is 16.9. The van der Waals surface area contributed by atoms with Gasteiger partial charge in [0, 0.05) is 0 Å². The van der Waals surface area contributed by atoms with Crippen LogP contribution in [-0.2, 0) is 11.3 Å². The van der Waals surface area contributed by atoms with E-state index in [0.717, 1.165) is 11.5 Å². The topological polar surface area (TPSA) is 27.7 Å². The van der Waals surface area contributed by atoms with Crippen molar-refractivity contribution >= 4 is 0 Å². The number of rotatable bonds is 8. The van der Waals surface area contributed by atoms with Crippen molar-refractivity contribution in [3.63, 3.8) is 0 Å². The second-order valence-electron chi connectivity index (χ2n) is 5.21. The lowest BCUT2D eigenvalue weighted by molar-refractivity contribution is 0.0874. The monoisotopic (exact) mass is 300 g/mol. The molecule has 0 heterocycles. The first-order valence-corrected chi connectivity index (χ1v) is 7.69. The SMILES string of the molecule is CCOc1ccccc1OCCOCc1ccc(C)cc1C. The van der Waals surface area contributed by atoms with Gasteiger partial charge in [0.25, 0.3) is 0 Å². The average Bonchev–Trinajstić information content (AvgIpc) is 2.51. The number of aryl methyl sites for hydroxylation is 2. The summed E-state index contributed by atoms with van der Waals surface area (Å²) in [5.41, 5.74) is 3.76. The van der Waals surface area contributed by atoms with Crippen molar-refractivity contribution in [2.75, 3.05) is 19.8 Å². The highest BCUT2D eigenvalue weighted by atomic mass is 16.5. The van der Waals surface area contributed by atoms with Crippen molar-refractivity contribution in [2.45, 2.75) is 27.4 Å². The van der Waals surface area contributed by atoms with Gasteiger partial charge in [-0.3, -0.25) is 0 Å². The zero-order chi connectivity index (χ0) is 15.8. The molecule has 0 N–H and O–H groups in total. The minimum absolute atomic E-state index is 0.509. The Labute approximate surface area is 132 Å². The normalized spacial score (nSPS) is 10.5. The molecular weight excluding hydrogens is 276 g/mol. The van der Waals surface area contributed by atoms with Crippen molar-refractivity contribution in [2.24, 2.45) is 0 Å². The molecule has 118 valence electrons. The molecule has 2 aromatic rings. The quantitative estimate of drug-likeness (QED) is 0.680. The zero-order valence-electron chi connectivity index (χ0n) is 13.6. The van der Waals surface area contributed by atoms with E-state index in [0.29, 0.717) is 26.4 Å². The summed E-state index contributed by atoms with van der Waals surface area (Å²) in [5, 5.41) is 0. The summed E-state index contributed by atoms with van der Waals surface area (Å²) in [7, 11) is 0. The minimum atomic E-state index is 0.509. The van der Waals surface area contributed by atoms with E-state index in [9.17, 15) is 0 Å². The predicted molar refractivity (Wildman–Crippen MR) is 88.7 cm³/mol. The van der Waals surface area contributed by atoms with Gasteiger partial charge in [0.15, 0.2) is 11.5 Å². The van der Waals surface area contributed by atoms with Crippen LogP contribution in [-0.4, -0.2) is 19.8 Å². The molecule has 0 unspecified atom stereocenters. The van der Waals surface area contributed by atoms with Gasteiger partial charge < -0.3 is 14.2 Å². The Morgan fingerprint density at radius 3 is 2.27 bits per heavy atom. The molecule has 0 amide bonds. The second kappa shape index (κ2) is 8.44. The van der Waals surface area contributed by atoms with Gasteiger partial charge in [-0.05, 0) is 44.0 Å². The first-order chi connectivity index (χ1) is 10.7. The van der Waals surface area contributed by atoms with Crippen molar-refractivity contribution in [1.29, 1.82) is 0 Å². The molecule has 0 radical (unpaired) electrons. The van der Waals surface area contributed by atoms with Gasteiger partial charge in [0.05, 0.1) is 19.8 Å². The van der Waals surface area contributed by atoms with Crippen LogP contribution in [0.2, 0.25) is 0 Å². The van der Waals surface area contributed by atoms with Crippen LogP contribution in [0.3, 0.4) is 0 Å². The molecule has 2 aromatic carbocycles. The van der Waals surface area contributed by atoms with Gasteiger partial charge in [0.2, 0.25) is 0 Å². The third-order valence-corrected chi connectivity index (χ3v) is 3.39. The first kappa shape index (κ1) is 16.4. The largest absolute Gasteiger partial charge is 0.490 e. The number of para-hydroxylation sites is 2. The molecular formula is C19H24O3. The van der Waals surface area contributed by atoms with Crippen LogP contribution < -0.4 is 9.47 Å². The lowest BCUT2D eigenvalue weighted by Crippen LogP contribution is -2.08. The lowest BCUT2D eigenvalue weighted by Gasteiger charge is -2.12. The Morgan fingerprint density at radius 2 is 1.59 bits per heavy atom. The molecule has 2 rings (SSSR count). The predicted octanol–water partition coefficient (Wildman–Crippen LogP) is 4.30. The van der Waals surface area contributed by atoms with Gasteiger partial charge >= 0.3 is 0 Å². The fourth-order valence-corrected chi connectivity index (χ4v) is 2.24. The Morgan fingerprint density at radius 1 is 0.864 bits per heavy atom. The highest BCUT2D eigenvalue weighted by molar-refractivity contribution is 5.39.